The van der Waals surface area contributed by atoms with Crippen LogP contribution in [0.15, 0.2) is 48.5 Å². The highest BCUT2D eigenvalue weighted by Gasteiger charge is 2.36. The highest BCUT2D eigenvalue weighted by molar-refractivity contribution is 5.85. The Balaban J connectivity index is 1.57. The van der Waals surface area contributed by atoms with Crippen molar-refractivity contribution in [3.63, 3.8) is 0 Å². The van der Waals surface area contributed by atoms with E-state index in [-0.39, 0.29) is 18.4 Å². The van der Waals surface area contributed by atoms with Crippen LogP contribution < -0.4 is 0 Å². The molecular weight excluding hydrogens is 330 g/mol. The van der Waals surface area contributed by atoms with Gasteiger partial charge in [-0.2, -0.15) is 0 Å². The summed E-state index contributed by atoms with van der Waals surface area (Å²) in [6, 6.07) is 14.9. The predicted molar refractivity (Wildman–Crippen MR) is 95.6 cm³/mol. The monoisotopic (exact) mass is 351 g/mol. The van der Waals surface area contributed by atoms with E-state index in [2.05, 4.69) is 6.07 Å². The molecule has 26 heavy (non-hydrogen) atoms. The fourth-order valence-corrected chi connectivity index (χ4v) is 3.93. The molecule has 0 bridgehead atoms. The Hall–Kier alpha value is -2.66. The Morgan fingerprint density at radius 1 is 1.04 bits per heavy atom. The van der Waals surface area contributed by atoms with Crippen LogP contribution in [-0.2, 0) is 33.7 Å². The van der Waals surface area contributed by atoms with E-state index >= 15 is 0 Å². The van der Waals surface area contributed by atoms with Gasteiger partial charge in [-0.3, -0.25) is 4.79 Å². The van der Waals surface area contributed by atoms with Gasteiger partial charge in [0.1, 0.15) is 6.04 Å². The van der Waals surface area contributed by atoms with E-state index in [0.717, 1.165) is 23.1 Å². The lowest BCUT2D eigenvalue weighted by Gasteiger charge is -2.36. The van der Waals surface area contributed by atoms with Gasteiger partial charge in [-0.15, -0.1) is 0 Å². The van der Waals surface area contributed by atoms with Crippen LogP contribution in [0.2, 0.25) is 0 Å². The van der Waals surface area contributed by atoms with Gasteiger partial charge in [0.25, 0.3) is 0 Å². The summed E-state index contributed by atoms with van der Waals surface area (Å²) in [6.45, 7) is 0.917. The second kappa shape index (κ2) is 6.92. The molecule has 0 aliphatic carbocycles. The molecule has 0 saturated carbocycles. The van der Waals surface area contributed by atoms with Crippen LogP contribution >= 0.6 is 0 Å². The fourth-order valence-electron chi connectivity index (χ4n) is 3.93. The van der Waals surface area contributed by atoms with E-state index in [1.807, 2.05) is 42.5 Å². The first-order valence-electron chi connectivity index (χ1n) is 8.92. The molecule has 2 atom stereocenters. The summed E-state index contributed by atoms with van der Waals surface area (Å²) in [4.78, 5) is 26.2. The minimum atomic E-state index is -0.960. The average Bonchev–Trinajstić information content (AvgIpc) is 2.67. The number of rotatable bonds is 3. The Labute approximate surface area is 152 Å². The number of carboxylic acid groups (broad SMARTS) is 1. The molecule has 1 amide bonds. The number of ether oxygens (including phenoxy) is 1. The first kappa shape index (κ1) is 16.8. The van der Waals surface area contributed by atoms with Gasteiger partial charge >= 0.3 is 5.97 Å². The molecule has 2 unspecified atom stereocenters. The van der Waals surface area contributed by atoms with Crippen molar-refractivity contribution >= 4 is 11.9 Å². The number of aliphatic carboxylic acids is 1. The normalized spacial score (nSPS) is 21.6. The molecule has 2 aromatic rings. The molecule has 0 radical (unpaired) electrons. The molecule has 0 aromatic heterocycles. The van der Waals surface area contributed by atoms with Gasteiger partial charge in [0.05, 0.1) is 19.1 Å². The molecule has 0 fully saturated rings. The lowest BCUT2D eigenvalue weighted by Crippen LogP contribution is -2.49. The number of carbonyl (C=O) groups excluding carboxylic acids is 1. The van der Waals surface area contributed by atoms with Crippen LogP contribution in [0, 0.1) is 0 Å². The zero-order valence-corrected chi connectivity index (χ0v) is 14.4. The number of carboxylic acids is 1. The zero-order valence-electron chi connectivity index (χ0n) is 14.4. The van der Waals surface area contributed by atoms with Gasteiger partial charge in [-0.1, -0.05) is 48.5 Å². The van der Waals surface area contributed by atoms with Crippen LogP contribution in [0.5, 0.6) is 0 Å². The van der Waals surface area contributed by atoms with Crippen molar-refractivity contribution in [1.82, 2.24) is 4.90 Å². The van der Waals surface area contributed by atoms with Crippen molar-refractivity contribution in [1.29, 1.82) is 0 Å². The Kier molecular flexibility index (Phi) is 4.47. The van der Waals surface area contributed by atoms with E-state index in [1.165, 1.54) is 10.5 Å². The number of nitrogens with zero attached hydrogens (tertiary/aromatic N) is 1. The molecule has 0 spiro atoms. The van der Waals surface area contributed by atoms with Crippen molar-refractivity contribution < 1.29 is 19.4 Å². The molecule has 2 aromatic carbocycles. The molecule has 4 rings (SSSR count). The minimum Gasteiger partial charge on any atom is -0.480 e. The van der Waals surface area contributed by atoms with Gasteiger partial charge < -0.3 is 14.7 Å². The highest BCUT2D eigenvalue weighted by Crippen LogP contribution is 2.32. The average molecular weight is 351 g/mol. The molecule has 5 heteroatoms. The third-order valence-corrected chi connectivity index (χ3v) is 5.31. The molecule has 134 valence electrons. The van der Waals surface area contributed by atoms with Crippen LogP contribution in [-0.4, -0.2) is 34.5 Å². The molecule has 1 N–H and O–H groups in total. The number of benzene rings is 2. The van der Waals surface area contributed by atoms with E-state index in [0.29, 0.717) is 19.6 Å². The molecular formula is C21H21NO4. The molecule has 5 nitrogen and oxygen atoms in total. The Bertz CT molecular complexity index is 847. The first-order chi connectivity index (χ1) is 12.6. The summed E-state index contributed by atoms with van der Waals surface area (Å²) < 4.78 is 5.84. The molecule has 2 heterocycles. The van der Waals surface area contributed by atoms with Gasteiger partial charge in [0.15, 0.2) is 0 Å². The largest absolute Gasteiger partial charge is 0.480 e. The topological polar surface area (TPSA) is 66.8 Å². The van der Waals surface area contributed by atoms with Crippen molar-refractivity contribution in [2.75, 3.05) is 6.61 Å². The second-order valence-corrected chi connectivity index (χ2v) is 6.86. The first-order valence-corrected chi connectivity index (χ1v) is 8.92. The molecule has 0 saturated heterocycles. The van der Waals surface area contributed by atoms with Crippen molar-refractivity contribution in [2.45, 2.75) is 38.0 Å². The minimum absolute atomic E-state index is 0.170. The quantitative estimate of drug-likeness (QED) is 0.923. The van der Waals surface area contributed by atoms with E-state index in [9.17, 15) is 14.7 Å². The summed E-state index contributed by atoms with van der Waals surface area (Å²) >= 11 is 0. The van der Waals surface area contributed by atoms with Gasteiger partial charge in [0, 0.05) is 13.0 Å². The number of carbonyl (C=O) groups is 2. The Morgan fingerprint density at radius 2 is 1.73 bits per heavy atom. The van der Waals surface area contributed by atoms with Gasteiger partial charge in [-0.05, 0) is 28.7 Å². The van der Waals surface area contributed by atoms with Gasteiger partial charge in [-0.25, -0.2) is 4.79 Å². The smallest absolute Gasteiger partial charge is 0.326 e. The molecule has 2 aliphatic heterocycles. The van der Waals surface area contributed by atoms with Crippen LogP contribution in [0.1, 0.15) is 34.8 Å². The lowest BCUT2D eigenvalue weighted by atomic mass is 9.92. The zero-order chi connectivity index (χ0) is 18.1. The highest BCUT2D eigenvalue weighted by atomic mass is 16.5. The Morgan fingerprint density at radius 3 is 2.50 bits per heavy atom. The lowest BCUT2D eigenvalue weighted by molar-refractivity contribution is -0.152. The number of hydrogen-bond donors (Lipinski definition) is 1. The van der Waals surface area contributed by atoms with E-state index in [1.54, 1.807) is 0 Å². The maximum atomic E-state index is 13.0. The standard InChI is InChI=1S/C21H21NO4/c23-20(12-19-17-8-4-3-5-14(17)9-10-26-19)22-13-16-7-2-1-6-15(16)11-18(22)21(24)25/h1-8,18-19H,9-13H2,(H,24,25). The van der Waals surface area contributed by atoms with Crippen molar-refractivity contribution in [2.24, 2.45) is 0 Å². The van der Waals surface area contributed by atoms with Gasteiger partial charge in [0.2, 0.25) is 5.91 Å². The summed E-state index contributed by atoms with van der Waals surface area (Å²) in [5.41, 5.74) is 4.26. The predicted octanol–water partition coefficient (Wildman–Crippen LogP) is 2.73. The van der Waals surface area contributed by atoms with Crippen LogP contribution in [0.25, 0.3) is 0 Å². The third-order valence-electron chi connectivity index (χ3n) is 5.31. The van der Waals surface area contributed by atoms with Crippen LogP contribution in [0.3, 0.4) is 0 Å². The van der Waals surface area contributed by atoms with Crippen LogP contribution in [0.4, 0.5) is 0 Å². The van der Waals surface area contributed by atoms with Crippen molar-refractivity contribution in [3.8, 4) is 0 Å². The summed E-state index contributed by atoms with van der Waals surface area (Å²) in [6.07, 6.45) is 1.05. The number of fused-ring (bicyclic) bond motifs is 2. The maximum Gasteiger partial charge on any atom is 0.326 e. The summed E-state index contributed by atoms with van der Waals surface area (Å²) in [7, 11) is 0. The summed E-state index contributed by atoms with van der Waals surface area (Å²) in [5, 5.41) is 9.62. The maximum absolute atomic E-state index is 13.0. The molecule has 2 aliphatic rings. The third kappa shape index (κ3) is 3.10. The van der Waals surface area contributed by atoms with E-state index in [4.69, 9.17) is 4.74 Å². The second-order valence-electron chi connectivity index (χ2n) is 6.86. The summed E-state index contributed by atoms with van der Waals surface area (Å²) in [5.74, 6) is -1.13. The SMILES string of the molecule is O=C(O)C1Cc2ccccc2CN1C(=O)CC1OCCc2ccccc21. The number of hydrogen-bond acceptors (Lipinski definition) is 3. The fraction of sp³-hybridized carbons (Fsp3) is 0.333. The number of amides is 1. The van der Waals surface area contributed by atoms with E-state index < -0.39 is 12.0 Å². The van der Waals surface area contributed by atoms with Crippen molar-refractivity contribution in [3.05, 3.63) is 70.8 Å².